The summed E-state index contributed by atoms with van der Waals surface area (Å²) in [5.74, 6) is -0.442. The molecule has 7 heteroatoms. The zero-order valence-electron chi connectivity index (χ0n) is 16.6. The number of rotatable bonds is 4. The van der Waals surface area contributed by atoms with E-state index in [2.05, 4.69) is 15.6 Å². The highest BCUT2D eigenvalue weighted by atomic mass is 16.2. The van der Waals surface area contributed by atoms with Crippen LogP contribution in [0.2, 0.25) is 0 Å². The topological polar surface area (TPSA) is 99.8 Å². The molecule has 2 heterocycles. The van der Waals surface area contributed by atoms with E-state index in [1.165, 1.54) is 0 Å². The minimum absolute atomic E-state index is 0.248. The van der Waals surface area contributed by atoms with Crippen molar-refractivity contribution in [1.82, 2.24) is 9.55 Å². The lowest BCUT2D eigenvalue weighted by atomic mass is 10.1. The maximum absolute atomic E-state index is 12.9. The van der Waals surface area contributed by atoms with E-state index in [4.69, 9.17) is 5.26 Å². The van der Waals surface area contributed by atoms with Crippen LogP contribution in [-0.4, -0.2) is 21.4 Å². The lowest BCUT2D eigenvalue weighted by Gasteiger charge is -2.17. The van der Waals surface area contributed by atoms with Crippen molar-refractivity contribution in [3.63, 3.8) is 0 Å². The van der Waals surface area contributed by atoms with Crippen LogP contribution in [0.25, 0.3) is 0 Å². The summed E-state index contributed by atoms with van der Waals surface area (Å²) in [7, 11) is 0. The molecule has 0 fully saturated rings. The third-order valence-electron chi connectivity index (χ3n) is 5.20. The van der Waals surface area contributed by atoms with E-state index in [9.17, 15) is 9.59 Å². The number of hydrogen-bond donors (Lipinski definition) is 2. The van der Waals surface area contributed by atoms with Crippen molar-refractivity contribution in [2.75, 3.05) is 10.6 Å². The summed E-state index contributed by atoms with van der Waals surface area (Å²) < 4.78 is 1.85. The van der Waals surface area contributed by atoms with Crippen molar-refractivity contribution in [3.05, 3.63) is 76.9 Å². The second kappa shape index (κ2) is 8.21. The monoisotopic (exact) mass is 399 g/mol. The Morgan fingerprint density at radius 1 is 1.03 bits per heavy atom. The van der Waals surface area contributed by atoms with Crippen LogP contribution in [0, 0.1) is 18.3 Å². The lowest BCUT2D eigenvalue weighted by molar-refractivity contribution is 0.101. The molecule has 0 bridgehead atoms. The van der Waals surface area contributed by atoms with Gasteiger partial charge >= 0.3 is 0 Å². The maximum Gasteiger partial charge on any atom is 0.291 e. The molecule has 2 aromatic carbocycles. The molecule has 1 aromatic heterocycles. The van der Waals surface area contributed by atoms with Crippen LogP contribution in [-0.2, 0) is 13.0 Å². The number of nitrogens with zero attached hydrogens (tertiary/aromatic N) is 3. The number of imidazole rings is 1. The van der Waals surface area contributed by atoms with E-state index in [0.717, 1.165) is 29.8 Å². The van der Waals surface area contributed by atoms with Crippen LogP contribution in [0.4, 0.5) is 11.4 Å². The number of fused-ring (bicyclic) bond motifs is 1. The zero-order chi connectivity index (χ0) is 21.1. The molecule has 2 amide bonds. The van der Waals surface area contributed by atoms with Crippen LogP contribution < -0.4 is 10.6 Å². The number of aryl methyl sites for hydroxylation is 1. The molecule has 150 valence electrons. The normalized spacial score (nSPS) is 12.5. The molecular formula is C23H21N5O2. The quantitative estimate of drug-likeness (QED) is 0.695. The van der Waals surface area contributed by atoms with Gasteiger partial charge in [0.1, 0.15) is 0 Å². The number of aromatic nitrogens is 2. The third kappa shape index (κ3) is 3.80. The van der Waals surface area contributed by atoms with Crippen LogP contribution in [0.3, 0.4) is 0 Å². The Morgan fingerprint density at radius 3 is 2.53 bits per heavy atom. The molecule has 0 radical (unpaired) electrons. The molecule has 7 nitrogen and oxygen atoms in total. The molecule has 1 aliphatic heterocycles. The molecule has 2 N–H and O–H groups in total. The summed E-state index contributed by atoms with van der Waals surface area (Å²) in [6.07, 6.45) is 2.58. The average Bonchev–Trinajstić information content (AvgIpc) is 3.16. The van der Waals surface area contributed by atoms with Crippen molar-refractivity contribution in [1.29, 1.82) is 5.26 Å². The van der Waals surface area contributed by atoms with Crippen molar-refractivity contribution >= 4 is 23.2 Å². The molecule has 4 rings (SSSR count). The van der Waals surface area contributed by atoms with Gasteiger partial charge in [0.05, 0.1) is 17.3 Å². The molecule has 0 atom stereocenters. The number of carbonyl (C=O) groups is 2. The first-order valence-corrected chi connectivity index (χ1v) is 9.84. The van der Waals surface area contributed by atoms with Gasteiger partial charge in [-0.25, -0.2) is 4.98 Å². The fourth-order valence-corrected chi connectivity index (χ4v) is 3.61. The van der Waals surface area contributed by atoms with Crippen LogP contribution in [0.5, 0.6) is 0 Å². The van der Waals surface area contributed by atoms with E-state index in [1.54, 1.807) is 24.3 Å². The Labute approximate surface area is 174 Å². The first-order valence-electron chi connectivity index (χ1n) is 9.84. The second-order valence-corrected chi connectivity index (χ2v) is 7.25. The van der Waals surface area contributed by atoms with Crippen LogP contribution in [0.15, 0.2) is 48.5 Å². The SMILES string of the molecule is Cc1ccccc1NC(=O)c1nc(C(=O)Nc2ccc(C#N)cc2)c2n1CCCC2. The smallest absolute Gasteiger partial charge is 0.291 e. The van der Waals surface area contributed by atoms with E-state index < -0.39 is 0 Å². The van der Waals surface area contributed by atoms with Gasteiger partial charge < -0.3 is 15.2 Å². The highest BCUT2D eigenvalue weighted by molar-refractivity contribution is 6.07. The lowest BCUT2D eigenvalue weighted by Crippen LogP contribution is -2.21. The molecule has 30 heavy (non-hydrogen) atoms. The second-order valence-electron chi connectivity index (χ2n) is 7.25. The fourth-order valence-electron chi connectivity index (χ4n) is 3.61. The summed E-state index contributed by atoms with van der Waals surface area (Å²) >= 11 is 0. The first kappa shape index (κ1) is 19.4. The molecule has 3 aromatic rings. The Balaban J connectivity index is 1.62. The van der Waals surface area contributed by atoms with Crippen molar-refractivity contribution in [2.45, 2.75) is 32.7 Å². The van der Waals surface area contributed by atoms with Gasteiger partial charge in [-0.2, -0.15) is 5.26 Å². The number of nitriles is 1. The van der Waals surface area contributed by atoms with Gasteiger partial charge in [0.15, 0.2) is 11.5 Å². The Kier molecular flexibility index (Phi) is 5.31. The van der Waals surface area contributed by atoms with Gasteiger partial charge in [0.25, 0.3) is 11.8 Å². The molecule has 0 saturated heterocycles. The Bertz CT molecular complexity index is 1160. The third-order valence-corrected chi connectivity index (χ3v) is 5.20. The predicted molar refractivity (Wildman–Crippen MR) is 113 cm³/mol. The van der Waals surface area contributed by atoms with Gasteiger partial charge in [-0.15, -0.1) is 0 Å². The number of carbonyl (C=O) groups excluding carboxylic acids is 2. The highest BCUT2D eigenvalue weighted by Gasteiger charge is 2.27. The van der Waals surface area contributed by atoms with E-state index in [1.807, 2.05) is 41.8 Å². The summed E-state index contributed by atoms with van der Waals surface area (Å²) in [5.41, 5.74) is 3.82. The average molecular weight is 399 g/mol. The fraction of sp³-hybridized carbons (Fsp3) is 0.217. The molecular weight excluding hydrogens is 378 g/mol. The van der Waals surface area contributed by atoms with Crippen molar-refractivity contribution < 1.29 is 9.59 Å². The Hall–Kier alpha value is -3.92. The number of nitrogens with one attached hydrogen (secondary N) is 2. The number of benzene rings is 2. The highest BCUT2D eigenvalue weighted by Crippen LogP contribution is 2.23. The first-order chi connectivity index (χ1) is 14.6. The Morgan fingerprint density at radius 2 is 1.80 bits per heavy atom. The number of anilines is 2. The van der Waals surface area contributed by atoms with Crippen LogP contribution in [0.1, 0.15) is 50.8 Å². The predicted octanol–water partition coefficient (Wildman–Crippen LogP) is 3.90. The molecule has 0 unspecified atom stereocenters. The minimum atomic E-state index is -0.361. The molecule has 1 aliphatic rings. The number of amides is 2. The summed E-state index contributed by atoms with van der Waals surface area (Å²) in [5, 5.41) is 14.6. The number of para-hydroxylation sites is 1. The van der Waals surface area contributed by atoms with Crippen molar-refractivity contribution in [3.8, 4) is 6.07 Å². The number of hydrogen-bond acceptors (Lipinski definition) is 4. The van der Waals surface area contributed by atoms with E-state index in [0.29, 0.717) is 24.2 Å². The van der Waals surface area contributed by atoms with E-state index in [-0.39, 0.29) is 23.3 Å². The maximum atomic E-state index is 12.9. The van der Waals surface area contributed by atoms with Gasteiger partial charge in [-0.05, 0) is 62.1 Å². The summed E-state index contributed by atoms with van der Waals surface area (Å²) in [6, 6.07) is 16.2. The van der Waals surface area contributed by atoms with Gasteiger partial charge in [0.2, 0.25) is 0 Å². The largest absolute Gasteiger partial charge is 0.323 e. The zero-order valence-corrected chi connectivity index (χ0v) is 16.6. The molecule has 0 spiro atoms. The molecule has 0 aliphatic carbocycles. The van der Waals surface area contributed by atoms with Crippen LogP contribution >= 0.6 is 0 Å². The minimum Gasteiger partial charge on any atom is -0.323 e. The van der Waals surface area contributed by atoms with Gasteiger partial charge in [-0.1, -0.05) is 18.2 Å². The summed E-state index contributed by atoms with van der Waals surface area (Å²) in [6.45, 7) is 2.58. The van der Waals surface area contributed by atoms with E-state index >= 15 is 0 Å². The van der Waals surface area contributed by atoms with Gasteiger partial charge in [-0.3, -0.25) is 9.59 Å². The standard InChI is InChI=1S/C23H21N5O2/c1-15-6-2-3-7-18(15)26-23(30)21-27-20(19-8-4-5-13-28(19)21)22(29)25-17-11-9-16(14-24)10-12-17/h2-3,6-7,9-12H,4-5,8,13H2,1H3,(H,25,29)(H,26,30). The summed E-state index contributed by atoms with van der Waals surface area (Å²) in [4.78, 5) is 30.3. The van der Waals surface area contributed by atoms with Gasteiger partial charge in [0, 0.05) is 17.9 Å². The molecule has 0 saturated carbocycles. The van der Waals surface area contributed by atoms with Crippen molar-refractivity contribution in [2.24, 2.45) is 0 Å².